The summed E-state index contributed by atoms with van der Waals surface area (Å²) in [5.41, 5.74) is -3.25. The van der Waals surface area contributed by atoms with Crippen LogP contribution in [0.15, 0.2) is 72.8 Å². The molecule has 1 amide bonds. The molecule has 3 N–H and O–H groups in total. The average molecular weight is 982 g/mol. The third kappa shape index (κ3) is 6.91. The number of aromatic nitrogens is 1. The van der Waals surface area contributed by atoms with Gasteiger partial charge in [0.1, 0.15) is 11.2 Å². The highest BCUT2D eigenvalue weighted by Crippen LogP contribution is 2.68. The molecule has 4 aromatic rings. The first-order chi connectivity index (χ1) is 33.8. The summed E-state index contributed by atoms with van der Waals surface area (Å²) in [6.07, 6.45) is 0.650. The van der Waals surface area contributed by atoms with E-state index in [0.717, 1.165) is 34.2 Å². The number of halogens is 3. The van der Waals surface area contributed by atoms with Crippen LogP contribution in [0.1, 0.15) is 91.2 Å². The second-order valence-corrected chi connectivity index (χ2v) is 20.8. The lowest BCUT2D eigenvalue weighted by molar-refractivity contribution is -0.228. The fraction of sp³-hybridized carbons (Fsp3) is 0.519. The van der Waals surface area contributed by atoms with Gasteiger partial charge in [0.25, 0.3) is 5.91 Å². The van der Waals surface area contributed by atoms with Gasteiger partial charge in [-0.15, -0.1) is 0 Å². The fourth-order valence-corrected chi connectivity index (χ4v) is 14.8. The molecule has 10 rings (SSSR count). The molecular formula is C54H62F3N5O9. The number of methoxy groups -OCH3 is 3. The lowest BCUT2D eigenvalue weighted by Crippen LogP contribution is -2.81. The van der Waals surface area contributed by atoms with Gasteiger partial charge in [-0.05, 0) is 98.5 Å². The smallest absolute Gasteiger partial charge is 0.416 e. The van der Waals surface area contributed by atoms with Crippen LogP contribution >= 0.6 is 0 Å². The number of anilines is 1. The van der Waals surface area contributed by atoms with Gasteiger partial charge in [0.05, 0.1) is 38.5 Å². The van der Waals surface area contributed by atoms with E-state index in [1.54, 1.807) is 7.11 Å². The summed E-state index contributed by atoms with van der Waals surface area (Å²) in [5.74, 6) is -2.53. The number of amides is 1. The third-order valence-electron chi connectivity index (χ3n) is 17.5. The van der Waals surface area contributed by atoms with Crippen LogP contribution in [-0.4, -0.2) is 134 Å². The monoisotopic (exact) mass is 981 g/mol. The molecule has 10 atom stereocenters. The van der Waals surface area contributed by atoms with Crippen molar-refractivity contribution in [2.45, 2.75) is 106 Å². The number of piperidine rings is 1. The molecular weight excluding hydrogens is 920 g/mol. The van der Waals surface area contributed by atoms with E-state index in [1.807, 2.05) is 74.3 Å². The first-order valence-corrected chi connectivity index (χ1v) is 24.6. The Bertz CT molecular complexity index is 2850. The van der Waals surface area contributed by atoms with E-state index in [9.17, 15) is 32.7 Å². The molecule has 6 heterocycles. The number of nitrogens with zero attached hydrogens (tertiary/aromatic N) is 3. The van der Waals surface area contributed by atoms with Crippen LogP contribution in [0.5, 0.6) is 5.75 Å². The molecule has 2 saturated heterocycles. The van der Waals surface area contributed by atoms with Crippen molar-refractivity contribution in [3.8, 4) is 5.75 Å². The number of H-pyrrole nitrogens is 1. The number of carbonyl (C=O) groups excluding carboxylic acids is 4. The van der Waals surface area contributed by atoms with Gasteiger partial charge in [-0.3, -0.25) is 19.3 Å². The highest BCUT2D eigenvalue weighted by atomic mass is 19.4. The Morgan fingerprint density at radius 3 is 2.31 bits per heavy atom. The number of fused-ring (bicyclic) bond motifs is 6. The number of rotatable bonds is 9. The maximum absolute atomic E-state index is 15.7. The van der Waals surface area contributed by atoms with E-state index in [0.29, 0.717) is 87.5 Å². The first kappa shape index (κ1) is 48.7. The number of benzene rings is 3. The minimum absolute atomic E-state index is 0.103. The number of likely N-dealkylation sites (N-methyl/N-ethyl adjacent to an activating group) is 1. The van der Waals surface area contributed by atoms with Crippen molar-refractivity contribution >= 4 is 40.4 Å². The van der Waals surface area contributed by atoms with E-state index in [4.69, 9.17) is 18.9 Å². The van der Waals surface area contributed by atoms with Crippen molar-refractivity contribution in [2.75, 3.05) is 66.0 Å². The minimum Gasteiger partial charge on any atom is -0.496 e. The molecule has 14 nitrogen and oxygen atoms in total. The summed E-state index contributed by atoms with van der Waals surface area (Å²) >= 11 is 0. The largest absolute Gasteiger partial charge is 0.496 e. The number of hydrogen-bond acceptors (Lipinski definition) is 12. The van der Waals surface area contributed by atoms with Crippen molar-refractivity contribution in [1.82, 2.24) is 20.1 Å². The van der Waals surface area contributed by atoms with Gasteiger partial charge < -0.3 is 44.2 Å². The van der Waals surface area contributed by atoms with Gasteiger partial charge in [-0.2, -0.15) is 13.2 Å². The van der Waals surface area contributed by atoms with E-state index < -0.39 is 81.1 Å². The summed E-state index contributed by atoms with van der Waals surface area (Å²) in [5, 5.41) is 17.7. The predicted octanol–water partition coefficient (Wildman–Crippen LogP) is 6.45. The Morgan fingerprint density at radius 1 is 0.915 bits per heavy atom. The molecule has 1 unspecified atom stereocenters. The zero-order valence-electron chi connectivity index (χ0n) is 41.2. The Kier molecular flexibility index (Phi) is 11.7. The molecule has 1 aliphatic carbocycles. The number of carbonyl (C=O) groups is 4. The lowest BCUT2D eigenvalue weighted by Gasteiger charge is -2.63. The van der Waals surface area contributed by atoms with Gasteiger partial charge in [-0.1, -0.05) is 44.2 Å². The van der Waals surface area contributed by atoms with Crippen molar-refractivity contribution < 1.29 is 56.4 Å². The highest BCUT2D eigenvalue weighted by molar-refractivity contribution is 5.96. The van der Waals surface area contributed by atoms with Crippen LogP contribution in [0.2, 0.25) is 0 Å². The predicted molar refractivity (Wildman–Crippen MR) is 257 cm³/mol. The number of aliphatic hydroxyl groups is 1. The van der Waals surface area contributed by atoms with Gasteiger partial charge in [0.15, 0.2) is 6.10 Å². The quantitative estimate of drug-likeness (QED) is 0.0957. The van der Waals surface area contributed by atoms with Gasteiger partial charge in [0, 0.05) is 96.5 Å². The van der Waals surface area contributed by atoms with Crippen molar-refractivity contribution in [2.24, 2.45) is 11.3 Å². The molecule has 3 fully saturated rings. The molecule has 5 aliphatic heterocycles. The Balaban J connectivity index is 1.19. The second-order valence-electron chi connectivity index (χ2n) is 20.8. The third-order valence-corrected chi connectivity index (χ3v) is 17.5. The Hall–Kier alpha value is -5.91. The maximum atomic E-state index is 15.7. The number of esters is 3. The zero-order valence-corrected chi connectivity index (χ0v) is 41.2. The number of ether oxygens (including phenoxy) is 4. The molecule has 17 heteroatoms. The van der Waals surface area contributed by atoms with Crippen LogP contribution in [0.25, 0.3) is 10.9 Å². The number of para-hydroxylation sites is 1. The first-order valence-electron chi connectivity index (χ1n) is 24.6. The Labute approximate surface area is 410 Å². The van der Waals surface area contributed by atoms with Gasteiger partial charge >= 0.3 is 24.1 Å². The molecule has 0 radical (unpaired) electrons. The highest BCUT2D eigenvalue weighted by Gasteiger charge is 2.80. The van der Waals surface area contributed by atoms with Crippen LogP contribution in [0.4, 0.5) is 18.9 Å². The maximum Gasteiger partial charge on any atom is 0.416 e. The minimum atomic E-state index is -4.56. The summed E-state index contributed by atoms with van der Waals surface area (Å²) < 4.78 is 64.7. The second kappa shape index (κ2) is 17.1. The lowest BCUT2D eigenvalue weighted by atomic mass is 9.47. The molecule has 71 heavy (non-hydrogen) atoms. The zero-order chi connectivity index (χ0) is 50.6. The van der Waals surface area contributed by atoms with Crippen LogP contribution in [0.3, 0.4) is 0 Å². The van der Waals surface area contributed by atoms with Crippen LogP contribution < -0.4 is 15.0 Å². The molecule has 1 spiro atoms. The van der Waals surface area contributed by atoms with Crippen molar-refractivity contribution in [3.63, 3.8) is 0 Å². The molecule has 1 saturated carbocycles. The van der Waals surface area contributed by atoms with E-state index in [-0.39, 0.29) is 17.9 Å². The summed E-state index contributed by atoms with van der Waals surface area (Å²) in [7, 11) is 5.97. The van der Waals surface area contributed by atoms with Gasteiger partial charge in [-0.25, -0.2) is 4.79 Å². The molecule has 2 bridgehead atoms. The van der Waals surface area contributed by atoms with Crippen molar-refractivity contribution in [3.05, 3.63) is 106 Å². The van der Waals surface area contributed by atoms with E-state index in [1.165, 1.54) is 33.3 Å². The summed E-state index contributed by atoms with van der Waals surface area (Å²) in [4.78, 5) is 67.8. The molecule has 6 aliphatic rings. The SMILES string of the molecule is CC[C@]1(NC(=O)c2ccc(C(F)(F)F)cc2)C[C@H]2CN(CCc3c([nH]c4ccccc34)[C@@](C(=O)OC)(c3cc4c(cc3OC)N(C)[C@H]3[C@@](O)(C(=O)OC)[C@H](OC(C)=O)[C@]5(CC)C=CCN6CC[C@]43[C@@H]65)C2)C1. The van der Waals surface area contributed by atoms with E-state index in [2.05, 4.69) is 20.1 Å². The van der Waals surface area contributed by atoms with Crippen LogP contribution in [-0.2, 0) is 52.0 Å². The number of aromatic amines is 1. The summed E-state index contributed by atoms with van der Waals surface area (Å²) in [6, 6.07) is 14.7. The van der Waals surface area contributed by atoms with Crippen LogP contribution in [0, 0.1) is 11.3 Å². The molecule has 1 aromatic heterocycles. The van der Waals surface area contributed by atoms with Crippen molar-refractivity contribution in [1.29, 1.82) is 0 Å². The molecule has 378 valence electrons. The number of hydrogen-bond donors (Lipinski definition) is 3. The van der Waals surface area contributed by atoms with Gasteiger partial charge in [0.2, 0.25) is 5.60 Å². The molecule has 3 aromatic carbocycles. The standard InChI is InChI=1S/C54H62F3N5O9/c1-8-49(59-43(64)33-15-17-34(18-16-33)54(55,56)57)27-32-28-52(47(65)69-6,42-36(19-23-61(29-32)30-49)35-13-10-11-14-39(35)58-42)38-25-37-40(26-41(38)68-5)60(4)45-51(37)21-24-62-22-12-20-50(9-2,44(51)62)46(71-31(3)63)53(45,67)48(66)70-7/h10-18,20,25-26,32,44-46,58,67H,8-9,19,21-24,27-30H2,1-7H3,(H,59,64)/t32-,44+,45-,46-,49+,50-,51-,52+,53+/m1/s1. The summed E-state index contributed by atoms with van der Waals surface area (Å²) in [6.45, 7) is 8.02. The number of alkyl halides is 3. The van der Waals surface area contributed by atoms with E-state index >= 15 is 4.79 Å². The normalized spacial score (nSPS) is 32.8. The fourth-order valence-electron chi connectivity index (χ4n) is 14.8. The topological polar surface area (TPSA) is 163 Å². The number of nitrogens with one attached hydrogen (secondary N) is 2. The average Bonchev–Trinajstić information content (AvgIpc) is 4.02. The Morgan fingerprint density at radius 2 is 1.65 bits per heavy atom.